The normalized spacial score (nSPS) is 14.8. The van der Waals surface area contributed by atoms with E-state index in [0.29, 0.717) is 41.2 Å². The van der Waals surface area contributed by atoms with Gasteiger partial charge in [0.1, 0.15) is 21.6 Å². The monoisotopic (exact) mass is 441 g/mol. The molecule has 2 aromatic carbocycles. The van der Waals surface area contributed by atoms with E-state index in [1.165, 1.54) is 16.7 Å². The molecule has 30 heavy (non-hydrogen) atoms. The summed E-state index contributed by atoms with van der Waals surface area (Å²) in [5, 5.41) is 0. The van der Waals surface area contributed by atoms with Gasteiger partial charge in [-0.3, -0.25) is 9.69 Å². The molecular weight excluding hydrogens is 418 g/mol. The second-order valence-corrected chi connectivity index (χ2v) is 8.02. The number of methoxy groups -OCH3 is 1. The number of thioether (sulfide) groups is 1. The fourth-order valence-corrected chi connectivity index (χ4v) is 4.05. The first-order valence-electron chi connectivity index (χ1n) is 9.47. The summed E-state index contributed by atoms with van der Waals surface area (Å²) in [6.45, 7) is 5.10. The van der Waals surface area contributed by atoms with Crippen LogP contribution in [0, 0.1) is 0 Å². The maximum atomic E-state index is 12.5. The van der Waals surface area contributed by atoms with E-state index in [-0.39, 0.29) is 5.91 Å². The van der Waals surface area contributed by atoms with Gasteiger partial charge in [-0.1, -0.05) is 54.3 Å². The predicted molar refractivity (Wildman–Crippen MR) is 125 cm³/mol. The molecule has 0 spiro atoms. The van der Waals surface area contributed by atoms with E-state index in [4.69, 9.17) is 26.4 Å². The lowest BCUT2D eigenvalue weighted by atomic mass is 10.2. The molecule has 1 aliphatic heterocycles. The number of ether oxygens (including phenoxy) is 3. The lowest BCUT2D eigenvalue weighted by molar-refractivity contribution is -0.121. The van der Waals surface area contributed by atoms with E-state index in [0.717, 1.165) is 17.1 Å². The smallest absolute Gasteiger partial charge is 0.266 e. The molecule has 1 amide bonds. The van der Waals surface area contributed by atoms with Gasteiger partial charge >= 0.3 is 0 Å². The highest BCUT2D eigenvalue weighted by Crippen LogP contribution is 2.34. The molecule has 0 N–H and O–H groups in total. The Balaban J connectivity index is 1.56. The summed E-state index contributed by atoms with van der Waals surface area (Å²) in [4.78, 5) is 14.7. The van der Waals surface area contributed by atoms with Crippen LogP contribution < -0.4 is 14.2 Å². The van der Waals surface area contributed by atoms with Gasteiger partial charge in [-0.25, -0.2) is 0 Å². The summed E-state index contributed by atoms with van der Waals surface area (Å²) >= 11 is 6.58. The van der Waals surface area contributed by atoms with Gasteiger partial charge in [-0.05, 0) is 24.3 Å². The van der Waals surface area contributed by atoms with Crippen LogP contribution in [0.25, 0.3) is 6.08 Å². The third-order valence-electron chi connectivity index (χ3n) is 4.25. The van der Waals surface area contributed by atoms with Crippen molar-refractivity contribution in [2.75, 3.05) is 26.9 Å². The Morgan fingerprint density at radius 2 is 1.87 bits per heavy atom. The molecule has 1 heterocycles. The standard InChI is InChI=1S/C23H23NO4S2/c1-3-12-24-22(25)21(30-23(24)29)15-17-8-4-5-11-20(17)28-14-7-13-27-19-10-6-9-18(16-19)26-2/h3-6,8-11,15-16H,1,7,12-14H2,2H3/b21-15+. The van der Waals surface area contributed by atoms with Crippen LogP contribution in [0.2, 0.25) is 0 Å². The number of carbonyl (C=O) groups is 1. The molecular formula is C23H23NO4S2. The fraction of sp³-hybridized carbons (Fsp3) is 0.217. The van der Waals surface area contributed by atoms with Crippen LogP contribution in [0.4, 0.5) is 0 Å². The Labute approximate surface area is 186 Å². The SMILES string of the molecule is C=CCN1C(=O)/C(=C\c2ccccc2OCCCOc2cccc(OC)c2)SC1=S. The van der Waals surface area contributed by atoms with E-state index in [2.05, 4.69) is 6.58 Å². The first kappa shape index (κ1) is 21.9. The molecule has 7 heteroatoms. The van der Waals surface area contributed by atoms with Crippen molar-refractivity contribution in [3.05, 3.63) is 71.7 Å². The second kappa shape index (κ2) is 10.8. The Kier molecular flexibility index (Phi) is 7.93. The lowest BCUT2D eigenvalue weighted by Gasteiger charge is -2.11. The maximum Gasteiger partial charge on any atom is 0.266 e. The Hall–Kier alpha value is -2.77. The van der Waals surface area contributed by atoms with Crippen molar-refractivity contribution in [1.29, 1.82) is 0 Å². The molecule has 0 radical (unpaired) electrons. The molecule has 0 saturated carbocycles. The number of amides is 1. The summed E-state index contributed by atoms with van der Waals surface area (Å²) < 4.78 is 17.4. The Bertz CT molecular complexity index is 958. The summed E-state index contributed by atoms with van der Waals surface area (Å²) in [6, 6.07) is 15.1. The largest absolute Gasteiger partial charge is 0.497 e. The summed E-state index contributed by atoms with van der Waals surface area (Å²) in [6.07, 6.45) is 4.20. The van der Waals surface area contributed by atoms with Gasteiger partial charge in [0.05, 0.1) is 25.2 Å². The summed E-state index contributed by atoms with van der Waals surface area (Å²) in [5.41, 5.74) is 0.838. The van der Waals surface area contributed by atoms with E-state index in [1.54, 1.807) is 13.2 Å². The van der Waals surface area contributed by atoms with Crippen LogP contribution in [0.3, 0.4) is 0 Å². The highest BCUT2D eigenvalue weighted by molar-refractivity contribution is 8.26. The van der Waals surface area contributed by atoms with Crippen LogP contribution >= 0.6 is 24.0 Å². The molecule has 0 aliphatic carbocycles. The van der Waals surface area contributed by atoms with Gasteiger partial charge in [0.15, 0.2) is 0 Å². The topological polar surface area (TPSA) is 48.0 Å². The molecule has 5 nitrogen and oxygen atoms in total. The van der Waals surface area contributed by atoms with E-state index >= 15 is 0 Å². The number of benzene rings is 2. The van der Waals surface area contributed by atoms with Crippen molar-refractivity contribution < 1.29 is 19.0 Å². The van der Waals surface area contributed by atoms with Crippen LogP contribution in [-0.2, 0) is 4.79 Å². The van der Waals surface area contributed by atoms with E-state index in [1.807, 2.05) is 54.6 Å². The Morgan fingerprint density at radius 1 is 1.10 bits per heavy atom. The number of hydrogen-bond acceptors (Lipinski definition) is 6. The molecule has 1 saturated heterocycles. The third kappa shape index (κ3) is 5.64. The van der Waals surface area contributed by atoms with Gasteiger partial charge in [0.25, 0.3) is 5.91 Å². The van der Waals surface area contributed by atoms with Gasteiger partial charge in [0, 0.05) is 24.6 Å². The quantitative estimate of drug-likeness (QED) is 0.226. The zero-order valence-electron chi connectivity index (χ0n) is 16.7. The molecule has 1 fully saturated rings. The zero-order chi connectivity index (χ0) is 21.3. The minimum Gasteiger partial charge on any atom is -0.497 e. The maximum absolute atomic E-state index is 12.5. The van der Waals surface area contributed by atoms with Crippen molar-refractivity contribution in [3.63, 3.8) is 0 Å². The first-order valence-corrected chi connectivity index (χ1v) is 10.7. The van der Waals surface area contributed by atoms with Gasteiger partial charge in [0.2, 0.25) is 0 Å². The Morgan fingerprint density at radius 3 is 2.67 bits per heavy atom. The molecule has 156 valence electrons. The average Bonchev–Trinajstić information content (AvgIpc) is 3.02. The van der Waals surface area contributed by atoms with Crippen LogP contribution in [0.1, 0.15) is 12.0 Å². The molecule has 3 rings (SSSR count). The number of hydrogen-bond donors (Lipinski definition) is 0. The van der Waals surface area contributed by atoms with Crippen molar-refractivity contribution in [3.8, 4) is 17.2 Å². The van der Waals surface area contributed by atoms with Crippen molar-refractivity contribution in [2.24, 2.45) is 0 Å². The van der Waals surface area contributed by atoms with Gasteiger partial charge in [-0.2, -0.15) is 0 Å². The number of thiocarbonyl (C=S) groups is 1. The van der Waals surface area contributed by atoms with Gasteiger partial charge < -0.3 is 14.2 Å². The van der Waals surface area contributed by atoms with E-state index < -0.39 is 0 Å². The second-order valence-electron chi connectivity index (χ2n) is 6.35. The van der Waals surface area contributed by atoms with Gasteiger partial charge in [-0.15, -0.1) is 6.58 Å². The minimum absolute atomic E-state index is 0.105. The van der Waals surface area contributed by atoms with Crippen LogP contribution in [0.15, 0.2) is 66.1 Å². The first-order chi connectivity index (χ1) is 14.6. The minimum atomic E-state index is -0.105. The molecule has 2 aromatic rings. The molecule has 0 aromatic heterocycles. The van der Waals surface area contributed by atoms with Crippen molar-refractivity contribution in [1.82, 2.24) is 4.90 Å². The fourth-order valence-electron chi connectivity index (χ4n) is 2.78. The summed E-state index contributed by atoms with van der Waals surface area (Å²) in [5.74, 6) is 2.13. The molecule has 0 unspecified atom stereocenters. The van der Waals surface area contributed by atoms with Crippen molar-refractivity contribution >= 4 is 40.3 Å². The van der Waals surface area contributed by atoms with Crippen molar-refractivity contribution in [2.45, 2.75) is 6.42 Å². The third-order valence-corrected chi connectivity index (χ3v) is 5.62. The molecule has 0 bridgehead atoms. The molecule has 1 aliphatic rings. The predicted octanol–water partition coefficient (Wildman–Crippen LogP) is 4.93. The number of nitrogens with zero attached hydrogens (tertiary/aromatic N) is 1. The zero-order valence-corrected chi connectivity index (χ0v) is 18.3. The van der Waals surface area contributed by atoms with Crippen LogP contribution in [-0.4, -0.2) is 42.0 Å². The number of rotatable bonds is 10. The highest BCUT2D eigenvalue weighted by Gasteiger charge is 2.31. The molecule has 0 atom stereocenters. The van der Waals surface area contributed by atoms with Crippen LogP contribution in [0.5, 0.6) is 17.2 Å². The van der Waals surface area contributed by atoms with E-state index in [9.17, 15) is 4.79 Å². The highest BCUT2D eigenvalue weighted by atomic mass is 32.2. The number of para-hydroxylation sites is 1. The summed E-state index contributed by atoms with van der Waals surface area (Å²) in [7, 11) is 1.63. The average molecular weight is 442 g/mol. The number of carbonyl (C=O) groups excluding carboxylic acids is 1. The lowest BCUT2D eigenvalue weighted by Crippen LogP contribution is -2.27.